The van der Waals surface area contributed by atoms with Crippen LogP contribution in [0.1, 0.15) is 27.7 Å². The molecule has 0 aliphatic heterocycles. The molecule has 2 atom stereocenters. The number of rotatable bonds is 50. The van der Waals surface area contributed by atoms with Gasteiger partial charge in [0.2, 0.25) is 0 Å². The molecule has 0 aliphatic rings. The topological polar surface area (TPSA) is 225 Å². The van der Waals surface area contributed by atoms with Crippen LogP contribution >= 0.6 is 0 Å². The van der Waals surface area contributed by atoms with Gasteiger partial charge in [0.15, 0.2) is 0 Å². The number of ether oxygens (including phenoxy) is 17. The quantitative estimate of drug-likeness (QED) is 0.0369. The standard InChI is InChI=1S/C46H78O21/c1-37(2)43(47)64-29-23-55-11-9-51-17-19-59-33-41(62-27-21-53-13-15-57-25-31-66-45(49)39(5)6)35-61-36-42(63-28-22-54-14-16-58-26-32-67-46(50)40(7)8)34-60-20-18-52-10-12-56-24-30-65-44(48)38(3)4/h41-42H,1,3,5,7,9-36H2,2,4,6,8H3. The molecule has 21 nitrogen and oxygen atoms in total. The molecular formula is C46H78O21. The molecule has 0 aromatic carbocycles. The molecular weight excluding hydrogens is 888 g/mol. The van der Waals surface area contributed by atoms with E-state index in [4.69, 9.17) is 80.5 Å². The van der Waals surface area contributed by atoms with E-state index in [2.05, 4.69) is 26.3 Å². The number of hydrogen-bond acceptors (Lipinski definition) is 21. The van der Waals surface area contributed by atoms with Crippen molar-refractivity contribution in [2.24, 2.45) is 0 Å². The van der Waals surface area contributed by atoms with Crippen LogP contribution in [0.5, 0.6) is 0 Å². The Balaban J connectivity index is 4.89. The van der Waals surface area contributed by atoms with Crippen molar-refractivity contribution in [2.45, 2.75) is 39.9 Å². The van der Waals surface area contributed by atoms with Crippen LogP contribution in [-0.4, -0.2) is 221 Å². The van der Waals surface area contributed by atoms with E-state index in [-0.39, 0.29) is 119 Å². The first kappa shape index (κ1) is 63.3. The molecule has 388 valence electrons. The van der Waals surface area contributed by atoms with Gasteiger partial charge in [-0.25, -0.2) is 19.2 Å². The fourth-order valence-electron chi connectivity index (χ4n) is 4.39. The van der Waals surface area contributed by atoms with Crippen molar-refractivity contribution in [1.29, 1.82) is 0 Å². The van der Waals surface area contributed by atoms with Crippen LogP contribution in [0.15, 0.2) is 48.6 Å². The molecule has 0 saturated carbocycles. The van der Waals surface area contributed by atoms with Crippen LogP contribution in [0.25, 0.3) is 0 Å². The lowest BCUT2D eigenvalue weighted by Crippen LogP contribution is -2.32. The number of carbonyl (C=O) groups is 4. The third-order valence-electron chi connectivity index (χ3n) is 7.85. The molecule has 0 bridgehead atoms. The lowest BCUT2D eigenvalue weighted by atomic mass is 10.3. The van der Waals surface area contributed by atoms with Crippen LogP contribution in [-0.2, 0) is 99.7 Å². The molecule has 67 heavy (non-hydrogen) atoms. The van der Waals surface area contributed by atoms with E-state index in [1.807, 2.05) is 0 Å². The minimum atomic E-state index is -0.466. The predicted molar refractivity (Wildman–Crippen MR) is 242 cm³/mol. The monoisotopic (exact) mass is 967 g/mol. The summed E-state index contributed by atoms with van der Waals surface area (Å²) in [6.07, 6.45) is -0.924. The summed E-state index contributed by atoms with van der Waals surface area (Å²) in [7, 11) is 0. The summed E-state index contributed by atoms with van der Waals surface area (Å²) in [5.74, 6) is -1.86. The molecule has 0 amide bonds. The second-order valence-electron chi connectivity index (χ2n) is 14.2. The fourth-order valence-corrected chi connectivity index (χ4v) is 4.39. The Morgan fingerprint density at radius 2 is 0.448 bits per heavy atom. The second kappa shape index (κ2) is 46.1. The van der Waals surface area contributed by atoms with Gasteiger partial charge in [0, 0.05) is 22.3 Å². The largest absolute Gasteiger partial charge is 0.460 e. The van der Waals surface area contributed by atoms with Gasteiger partial charge in [0.1, 0.15) is 38.6 Å². The summed E-state index contributed by atoms with van der Waals surface area (Å²) in [6.45, 7) is 27.4. The SMILES string of the molecule is C=C(C)C(=O)OCCOCCOCCOCC(COCC(COCCOCCOCCOC(=O)C(=C)C)OCCOCCOCCOC(=O)C(=C)C)OCCOCCOCCOC(=O)C(=C)C. The summed E-state index contributed by atoms with van der Waals surface area (Å²) in [5.41, 5.74) is 1.29. The average Bonchev–Trinajstić information content (AvgIpc) is 3.29. The predicted octanol–water partition coefficient (Wildman–Crippen LogP) is 2.42. The average molecular weight is 967 g/mol. The highest BCUT2D eigenvalue weighted by molar-refractivity contribution is 5.88. The van der Waals surface area contributed by atoms with Gasteiger partial charge in [-0.2, -0.15) is 0 Å². The van der Waals surface area contributed by atoms with Gasteiger partial charge in [0.05, 0.1) is 159 Å². The fraction of sp³-hybridized carbons (Fsp3) is 0.739. The Kier molecular flexibility index (Phi) is 43.5. The van der Waals surface area contributed by atoms with E-state index < -0.39 is 36.1 Å². The third kappa shape index (κ3) is 43.4. The summed E-state index contributed by atoms with van der Waals surface area (Å²) in [4.78, 5) is 45.8. The van der Waals surface area contributed by atoms with Crippen LogP contribution in [0.3, 0.4) is 0 Å². The summed E-state index contributed by atoms with van der Waals surface area (Å²) in [6, 6.07) is 0. The third-order valence-corrected chi connectivity index (χ3v) is 7.85. The maximum absolute atomic E-state index is 11.5. The minimum absolute atomic E-state index is 0.120. The van der Waals surface area contributed by atoms with Gasteiger partial charge >= 0.3 is 23.9 Å². The first-order valence-electron chi connectivity index (χ1n) is 22.2. The maximum atomic E-state index is 11.5. The van der Waals surface area contributed by atoms with Gasteiger partial charge in [-0.15, -0.1) is 0 Å². The molecule has 0 saturated heterocycles. The molecule has 0 radical (unpaired) electrons. The molecule has 0 N–H and O–H groups in total. The highest BCUT2D eigenvalue weighted by Crippen LogP contribution is 2.02. The highest BCUT2D eigenvalue weighted by Gasteiger charge is 2.15. The minimum Gasteiger partial charge on any atom is -0.460 e. The molecule has 0 aliphatic carbocycles. The van der Waals surface area contributed by atoms with Crippen molar-refractivity contribution >= 4 is 23.9 Å². The van der Waals surface area contributed by atoms with Gasteiger partial charge in [0.25, 0.3) is 0 Å². The molecule has 0 rings (SSSR count). The molecule has 0 fully saturated rings. The zero-order valence-corrected chi connectivity index (χ0v) is 40.4. The van der Waals surface area contributed by atoms with E-state index >= 15 is 0 Å². The van der Waals surface area contributed by atoms with Crippen molar-refractivity contribution in [3.8, 4) is 0 Å². The zero-order valence-electron chi connectivity index (χ0n) is 40.4. The van der Waals surface area contributed by atoms with Crippen molar-refractivity contribution < 1.29 is 99.7 Å². The first-order valence-corrected chi connectivity index (χ1v) is 22.2. The summed E-state index contributed by atoms with van der Waals surface area (Å²) in [5, 5.41) is 0. The summed E-state index contributed by atoms with van der Waals surface area (Å²) >= 11 is 0. The Morgan fingerprint density at radius 1 is 0.269 bits per heavy atom. The Morgan fingerprint density at radius 3 is 0.672 bits per heavy atom. The number of hydrogen-bond donors (Lipinski definition) is 0. The van der Waals surface area contributed by atoms with E-state index in [0.717, 1.165) is 0 Å². The van der Waals surface area contributed by atoms with Crippen LogP contribution in [0.4, 0.5) is 0 Å². The Hall–Kier alpha value is -3.68. The van der Waals surface area contributed by atoms with E-state index in [1.165, 1.54) is 0 Å². The van der Waals surface area contributed by atoms with Gasteiger partial charge < -0.3 is 80.5 Å². The van der Waals surface area contributed by atoms with Gasteiger partial charge in [-0.05, 0) is 27.7 Å². The van der Waals surface area contributed by atoms with E-state index in [1.54, 1.807) is 27.7 Å². The van der Waals surface area contributed by atoms with Gasteiger partial charge in [-0.3, -0.25) is 0 Å². The molecule has 0 spiro atoms. The smallest absolute Gasteiger partial charge is 0.333 e. The highest BCUT2D eigenvalue weighted by atomic mass is 16.6. The lowest BCUT2D eigenvalue weighted by Gasteiger charge is -2.22. The van der Waals surface area contributed by atoms with Crippen molar-refractivity contribution in [3.63, 3.8) is 0 Å². The normalized spacial score (nSPS) is 12.0. The molecule has 0 aromatic heterocycles. The lowest BCUT2D eigenvalue weighted by molar-refractivity contribution is -0.141. The van der Waals surface area contributed by atoms with Crippen LogP contribution < -0.4 is 0 Å². The summed E-state index contributed by atoms with van der Waals surface area (Å²) < 4.78 is 93.8. The maximum Gasteiger partial charge on any atom is 0.333 e. The molecule has 21 heteroatoms. The Bertz CT molecular complexity index is 1240. The van der Waals surface area contributed by atoms with E-state index in [0.29, 0.717) is 88.4 Å². The van der Waals surface area contributed by atoms with Crippen LogP contribution in [0, 0.1) is 0 Å². The zero-order chi connectivity index (χ0) is 49.6. The molecule has 0 heterocycles. The number of carbonyl (C=O) groups excluding carboxylic acids is 4. The molecule has 2 unspecified atom stereocenters. The Labute approximate surface area is 396 Å². The van der Waals surface area contributed by atoms with Crippen molar-refractivity contribution in [3.05, 3.63) is 48.6 Å². The van der Waals surface area contributed by atoms with Crippen molar-refractivity contribution in [1.82, 2.24) is 0 Å². The van der Waals surface area contributed by atoms with Gasteiger partial charge in [-0.1, -0.05) is 26.3 Å². The van der Waals surface area contributed by atoms with E-state index in [9.17, 15) is 19.2 Å². The van der Waals surface area contributed by atoms with Crippen LogP contribution in [0.2, 0.25) is 0 Å². The number of esters is 4. The first-order chi connectivity index (χ1) is 32.3. The molecule has 0 aromatic rings. The second-order valence-corrected chi connectivity index (χ2v) is 14.2. The van der Waals surface area contributed by atoms with Crippen molar-refractivity contribution in [2.75, 3.05) is 185 Å².